The Morgan fingerprint density at radius 3 is 1.92 bits per heavy atom. The highest BCUT2D eigenvalue weighted by molar-refractivity contribution is 7.91. The zero-order chi connectivity index (χ0) is 26.5. The van der Waals surface area contributed by atoms with Crippen LogP contribution in [-0.2, 0) is 30.1 Å². The molecule has 0 aliphatic heterocycles. The van der Waals surface area contributed by atoms with Gasteiger partial charge in [0.1, 0.15) is 16.4 Å². The molecule has 0 atom stereocenters. The fraction of sp³-hybridized carbons (Fsp3) is 0.0435. The molecule has 0 bridgehead atoms. The summed E-state index contributed by atoms with van der Waals surface area (Å²) in [7, 11) is -13.3. The van der Waals surface area contributed by atoms with E-state index in [0.717, 1.165) is 18.2 Å². The second-order valence-corrected chi connectivity index (χ2v) is 12.9. The summed E-state index contributed by atoms with van der Waals surface area (Å²) < 4.78 is 97.4. The number of fused-ring (bicyclic) bond motifs is 1. The number of sulfone groups is 1. The summed E-state index contributed by atoms with van der Waals surface area (Å²) >= 11 is 5.95. The molecule has 0 radical (unpaired) electrons. The first-order valence-corrected chi connectivity index (χ1v) is 14.7. The van der Waals surface area contributed by atoms with Gasteiger partial charge < -0.3 is 4.74 Å². The number of rotatable bonds is 6. The predicted molar refractivity (Wildman–Crippen MR) is 132 cm³/mol. The minimum absolute atomic E-state index is 0.0381. The minimum Gasteiger partial charge on any atom is -0.456 e. The van der Waals surface area contributed by atoms with Gasteiger partial charge >= 0.3 is 0 Å². The van der Waals surface area contributed by atoms with E-state index in [0.29, 0.717) is 10.9 Å². The maximum absolute atomic E-state index is 13.0. The zero-order valence-corrected chi connectivity index (χ0v) is 21.5. The van der Waals surface area contributed by atoms with Crippen molar-refractivity contribution in [1.82, 2.24) is 0 Å². The summed E-state index contributed by atoms with van der Waals surface area (Å²) in [6, 6.07) is 15.4. The van der Waals surface area contributed by atoms with E-state index in [-0.39, 0.29) is 31.7 Å². The molecular weight excluding hydrogens is 552 g/mol. The van der Waals surface area contributed by atoms with E-state index in [2.05, 4.69) is 0 Å². The number of hydrogen-bond donors (Lipinski definition) is 2. The van der Waals surface area contributed by atoms with Crippen LogP contribution >= 0.6 is 11.6 Å². The quantitative estimate of drug-likeness (QED) is 0.308. The van der Waals surface area contributed by atoms with Crippen LogP contribution in [0.25, 0.3) is 10.8 Å². The third-order valence-corrected chi connectivity index (χ3v) is 9.12. The van der Waals surface area contributed by atoms with Crippen molar-refractivity contribution in [2.75, 3.05) is 0 Å². The molecule has 0 saturated carbocycles. The van der Waals surface area contributed by atoms with Crippen molar-refractivity contribution in [2.24, 2.45) is 0 Å². The molecule has 36 heavy (non-hydrogen) atoms. The lowest BCUT2D eigenvalue weighted by Crippen LogP contribution is -2.04. The highest BCUT2D eigenvalue weighted by Gasteiger charge is 2.22. The molecule has 4 aromatic rings. The summed E-state index contributed by atoms with van der Waals surface area (Å²) in [5, 5.41) is 0.709. The molecule has 2 N–H and O–H groups in total. The molecule has 0 aromatic heterocycles. The largest absolute Gasteiger partial charge is 0.456 e. The molecule has 13 heteroatoms. The minimum atomic E-state index is -4.81. The Morgan fingerprint density at radius 1 is 0.667 bits per heavy atom. The van der Waals surface area contributed by atoms with Crippen molar-refractivity contribution in [3.05, 3.63) is 83.4 Å². The molecule has 0 spiro atoms. The Morgan fingerprint density at radius 2 is 1.31 bits per heavy atom. The van der Waals surface area contributed by atoms with E-state index < -0.39 is 39.9 Å². The van der Waals surface area contributed by atoms with E-state index in [1.807, 2.05) is 0 Å². The first-order valence-electron chi connectivity index (χ1n) is 9.98. The molecule has 0 aliphatic rings. The topological polar surface area (TPSA) is 152 Å². The average molecular weight is 569 g/mol. The number of ether oxygens (including phenoxy) is 1. The number of aryl methyl sites for hydroxylation is 1. The van der Waals surface area contributed by atoms with Crippen LogP contribution in [0.5, 0.6) is 11.5 Å². The van der Waals surface area contributed by atoms with Crippen molar-refractivity contribution >= 4 is 52.4 Å². The summed E-state index contributed by atoms with van der Waals surface area (Å²) in [4.78, 5) is -1.13. The van der Waals surface area contributed by atoms with Gasteiger partial charge in [-0.05, 0) is 83.9 Å². The van der Waals surface area contributed by atoms with Gasteiger partial charge in [-0.25, -0.2) is 8.42 Å². The van der Waals surface area contributed by atoms with Gasteiger partial charge in [-0.1, -0.05) is 23.7 Å². The summed E-state index contributed by atoms with van der Waals surface area (Å²) in [6.07, 6.45) is 0. The zero-order valence-electron chi connectivity index (χ0n) is 18.3. The smallest absolute Gasteiger partial charge is 0.298 e. The summed E-state index contributed by atoms with van der Waals surface area (Å²) in [6.45, 7) is 1.64. The van der Waals surface area contributed by atoms with Gasteiger partial charge in [-0.15, -0.1) is 0 Å². The van der Waals surface area contributed by atoms with Crippen LogP contribution in [0.4, 0.5) is 0 Å². The Labute approximate surface area is 212 Å². The van der Waals surface area contributed by atoms with E-state index in [9.17, 15) is 34.4 Å². The molecule has 4 rings (SSSR count). The third kappa shape index (κ3) is 5.24. The van der Waals surface area contributed by atoms with Gasteiger partial charge in [0, 0.05) is 5.02 Å². The number of halogens is 1. The van der Waals surface area contributed by atoms with Crippen molar-refractivity contribution < 1.29 is 39.1 Å². The molecule has 9 nitrogen and oxygen atoms in total. The van der Waals surface area contributed by atoms with E-state index in [1.165, 1.54) is 42.5 Å². The molecule has 4 aromatic carbocycles. The lowest BCUT2D eigenvalue weighted by atomic mass is 10.1. The maximum atomic E-state index is 13.0. The van der Waals surface area contributed by atoms with E-state index in [4.69, 9.17) is 16.3 Å². The normalized spacial score (nSPS) is 12.6. The van der Waals surface area contributed by atoms with Gasteiger partial charge in [0.05, 0.1) is 14.7 Å². The van der Waals surface area contributed by atoms with Crippen LogP contribution in [0.1, 0.15) is 5.56 Å². The van der Waals surface area contributed by atoms with Gasteiger partial charge in [0.2, 0.25) is 9.84 Å². The lowest BCUT2D eigenvalue weighted by molar-refractivity contribution is 0.450. The van der Waals surface area contributed by atoms with Crippen molar-refractivity contribution in [3.63, 3.8) is 0 Å². The summed E-state index contributed by atoms with van der Waals surface area (Å²) in [5.41, 5.74) is 0.505. The van der Waals surface area contributed by atoms with Gasteiger partial charge in [0.25, 0.3) is 20.2 Å². The highest BCUT2D eigenvalue weighted by Crippen LogP contribution is 2.35. The second-order valence-electron chi connectivity index (χ2n) is 7.74. The predicted octanol–water partition coefficient (Wildman–Crippen LogP) is 4.92. The van der Waals surface area contributed by atoms with Crippen LogP contribution in [0.3, 0.4) is 0 Å². The van der Waals surface area contributed by atoms with Gasteiger partial charge in [-0.2, -0.15) is 16.8 Å². The molecule has 0 saturated heterocycles. The third-order valence-electron chi connectivity index (χ3n) is 5.25. The number of hydrogen-bond acceptors (Lipinski definition) is 7. The Hall–Kier alpha value is -3.00. The lowest BCUT2D eigenvalue weighted by Gasteiger charge is -2.13. The molecule has 0 heterocycles. The van der Waals surface area contributed by atoms with Gasteiger partial charge in [-0.3, -0.25) is 9.11 Å². The standard InChI is InChI=1S/C23H17ClO9S3/c1-14-2-4-17(24)13-22(14)34(25,26)19-8-5-18(6-9-19)33-21-11-15-3-7-20(35(27,28)29)10-16(15)12-23(21)36(30,31)32/h2-13H,1H3,(H,27,28,29)(H,30,31,32). The molecule has 188 valence electrons. The fourth-order valence-corrected chi connectivity index (χ4v) is 6.39. The van der Waals surface area contributed by atoms with Crippen LogP contribution in [0.2, 0.25) is 5.02 Å². The van der Waals surface area contributed by atoms with Crippen LogP contribution in [0.15, 0.2) is 92.4 Å². The van der Waals surface area contributed by atoms with E-state index >= 15 is 0 Å². The second kappa shape index (κ2) is 9.14. The first-order chi connectivity index (χ1) is 16.7. The first kappa shape index (κ1) is 26.1. The van der Waals surface area contributed by atoms with Crippen molar-refractivity contribution in [1.29, 1.82) is 0 Å². The van der Waals surface area contributed by atoms with Gasteiger partial charge in [0.15, 0.2) is 0 Å². The molecule has 0 amide bonds. The van der Waals surface area contributed by atoms with Crippen LogP contribution in [0, 0.1) is 6.92 Å². The maximum Gasteiger partial charge on any atom is 0.298 e. The molecular formula is C23H17ClO9S3. The molecule has 0 unspecified atom stereocenters. The van der Waals surface area contributed by atoms with E-state index in [1.54, 1.807) is 19.1 Å². The van der Waals surface area contributed by atoms with Crippen molar-refractivity contribution in [3.8, 4) is 11.5 Å². The van der Waals surface area contributed by atoms with Crippen molar-refractivity contribution in [2.45, 2.75) is 26.5 Å². The molecule has 0 fully saturated rings. The van der Waals surface area contributed by atoms with Crippen LogP contribution < -0.4 is 4.74 Å². The Balaban J connectivity index is 1.74. The molecule has 0 aliphatic carbocycles. The SMILES string of the molecule is Cc1ccc(Cl)cc1S(=O)(=O)c1ccc(Oc2cc3ccc(S(=O)(=O)O)cc3cc2S(=O)(=O)O)cc1. The highest BCUT2D eigenvalue weighted by atomic mass is 35.5. The Bertz CT molecular complexity index is 1830. The average Bonchev–Trinajstić information content (AvgIpc) is 2.79. The van der Waals surface area contributed by atoms with Crippen LogP contribution in [-0.4, -0.2) is 34.4 Å². The fourth-order valence-electron chi connectivity index (χ4n) is 3.48. The monoisotopic (exact) mass is 568 g/mol. The Kier molecular flexibility index (Phi) is 6.62. The summed E-state index contributed by atoms with van der Waals surface area (Å²) in [5.74, 6) is -0.221. The number of benzene rings is 4.